The van der Waals surface area contributed by atoms with Crippen LogP contribution < -0.4 is 0 Å². The van der Waals surface area contributed by atoms with Gasteiger partial charge in [-0.25, -0.2) is 9.13 Å². The zero-order valence-electron chi connectivity index (χ0n) is 65.3. The third kappa shape index (κ3) is 79.8. The Labute approximate surface area is 637 Å². The van der Waals surface area contributed by atoms with Gasteiger partial charge >= 0.3 is 33.6 Å². The van der Waals surface area contributed by atoms with Crippen molar-refractivity contribution in [3.8, 4) is 0 Å². The third-order valence-electron chi connectivity index (χ3n) is 16.4. The zero-order valence-corrected chi connectivity index (χ0v) is 67.1. The molecular formula is C87H144O16P2. The first-order valence-electron chi connectivity index (χ1n) is 40.4. The van der Waals surface area contributed by atoms with E-state index in [1.54, 1.807) is 0 Å². The lowest BCUT2D eigenvalue weighted by Crippen LogP contribution is -2.30. The Morgan fingerprint density at radius 1 is 0.276 bits per heavy atom. The van der Waals surface area contributed by atoms with Gasteiger partial charge in [-0.1, -0.05) is 306 Å². The Morgan fingerprint density at radius 2 is 0.514 bits per heavy atom. The molecule has 0 amide bonds. The van der Waals surface area contributed by atoms with Crippen LogP contribution in [0.5, 0.6) is 0 Å². The number of esters is 3. The number of phosphoric ester groups is 2. The molecule has 5 unspecified atom stereocenters. The van der Waals surface area contributed by atoms with E-state index in [4.69, 9.17) is 32.3 Å². The van der Waals surface area contributed by atoms with Gasteiger partial charge in [0.25, 0.3) is 0 Å². The van der Waals surface area contributed by atoms with Gasteiger partial charge in [0.2, 0.25) is 0 Å². The molecule has 0 rings (SSSR count). The number of ether oxygens (including phenoxy) is 3. The van der Waals surface area contributed by atoms with Crippen molar-refractivity contribution in [2.24, 2.45) is 0 Å². The maximum atomic E-state index is 13.0. The van der Waals surface area contributed by atoms with Crippen molar-refractivity contribution < 1.29 is 75.8 Å². The molecule has 0 radical (unpaired) electrons. The maximum Gasteiger partial charge on any atom is 0.472 e. The number of allylic oxidation sites excluding steroid dienone is 28. The van der Waals surface area contributed by atoms with E-state index in [2.05, 4.69) is 179 Å². The Kier molecular flexibility index (Phi) is 74.7. The van der Waals surface area contributed by atoms with Gasteiger partial charge in [0.15, 0.2) is 6.10 Å². The molecule has 0 saturated heterocycles. The van der Waals surface area contributed by atoms with E-state index >= 15 is 0 Å². The number of hydrogen-bond acceptors (Lipinski definition) is 14. The zero-order chi connectivity index (χ0) is 76.6. The Balaban J connectivity index is 4.58. The SMILES string of the molecule is CC/C=C\C/C=C\C/C=C\C/C=C\C/C=C\CCCCCCCC(=O)OCC(COP(=O)(O)OCC(O)COP(=O)(O)OCC(O)COC(=O)CCCCCCCCCCCCCCCCC/C=C\C/C=C\C/C=C\C/C=C\CCCCC)OC(=O)CCC/C=C\C/C=C\C/C=C\C/C=C\C/C=C\CC. The Hall–Kier alpha value is -5.09. The van der Waals surface area contributed by atoms with E-state index in [1.165, 1.54) is 103 Å². The second kappa shape index (κ2) is 78.5. The standard InChI is InChI=1S/C87H144O16P2/c1-4-7-10-13-16-19-22-25-28-31-33-35-36-37-38-39-40-41-42-43-44-46-48-50-52-55-58-61-64-67-70-73-85(90)97-76-82(88)77-99-104(93,94)100-78-83(89)79-101-105(95,96)102-81-84(103-87(92)75-72-69-66-63-60-57-54-49-30-27-24-21-18-15-12-9-6-3)80-98-86(91)74-71-68-65-62-59-56-53-51-47-45-34-32-29-26-23-20-17-14-11-8-5-2/h8-9,11-12,16-21,25-30,33-35,37-38,45,51,53-54,57,63,66,82-84,88-89H,4-7,10,13-15,22-24,31-32,36,39-44,46-50,52,55-56,58-62,64-65,67-81H2,1-3H3,(H,93,94)(H,95,96)/b11-8-,12-9-,19-16-,20-17-,21-18-,28-25-,29-26-,30-27-,35-33-,38-37-,45-34-,53-51-,57-54-,66-63-. The molecule has 18 heteroatoms. The summed E-state index contributed by atoms with van der Waals surface area (Å²) in [6.45, 7) is 2.33. The van der Waals surface area contributed by atoms with Crippen LogP contribution in [-0.4, -0.2) is 95.9 Å². The summed E-state index contributed by atoms with van der Waals surface area (Å²) < 4.78 is 61.1. The molecule has 598 valence electrons. The van der Waals surface area contributed by atoms with Crippen LogP contribution in [0.15, 0.2) is 170 Å². The highest BCUT2D eigenvalue weighted by Crippen LogP contribution is 2.45. The van der Waals surface area contributed by atoms with Gasteiger partial charge in [-0.2, -0.15) is 0 Å². The Morgan fingerprint density at radius 3 is 0.829 bits per heavy atom. The smallest absolute Gasteiger partial charge is 0.463 e. The number of unbranched alkanes of at least 4 members (excludes halogenated alkanes) is 24. The van der Waals surface area contributed by atoms with Crippen LogP contribution in [-0.2, 0) is 55.8 Å². The fourth-order valence-electron chi connectivity index (χ4n) is 10.3. The van der Waals surface area contributed by atoms with Crippen LogP contribution in [0.2, 0.25) is 0 Å². The minimum absolute atomic E-state index is 0.0155. The Bertz CT molecular complexity index is 2590. The van der Waals surface area contributed by atoms with Gasteiger partial charge in [0, 0.05) is 19.3 Å². The van der Waals surface area contributed by atoms with Gasteiger partial charge in [0.1, 0.15) is 25.4 Å². The van der Waals surface area contributed by atoms with Gasteiger partial charge in [-0.15, -0.1) is 0 Å². The van der Waals surface area contributed by atoms with Crippen LogP contribution in [0.1, 0.15) is 303 Å². The summed E-state index contributed by atoms with van der Waals surface area (Å²) in [4.78, 5) is 58.7. The molecule has 0 saturated carbocycles. The van der Waals surface area contributed by atoms with Crippen molar-refractivity contribution in [1.29, 1.82) is 0 Å². The summed E-state index contributed by atoms with van der Waals surface area (Å²) >= 11 is 0. The summed E-state index contributed by atoms with van der Waals surface area (Å²) in [5, 5.41) is 20.7. The molecule has 0 fully saturated rings. The van der Waals surface area contributed by atoms with Gasteiger partial charge < -0.3 is 34.2 Å². The quantitative estimate of drug-likeness (QED) is 0.0146. The highest BCUT2D eigenvalue weighted by Gasteiger charge is 2.29. The highest BCUT2D eigenvalue weighted by molar-refractivity contribution is 7.47. The van der Waals surface area contributed by atoms with Crippen LogP contribution in [0, 0.1) is 0 Å². The summed E-state index contributed by atoms with van der Waals surface area (Å²) in [6.07, 6.45) is 99.9. The average Bonchev–Trinajstić information content (AvgIpc) is 0.915. The first kappa shape index (κ1) is 99.9. The molecule has 105 heavy (non-hydrogen) atoms. The minimum atomic E-state index is -4.96. The van der Waals surface area contributed by atoms with E-state index in [0.29, 0.717) is 25.7 Å². The fourth-order valence-corrected chi connectivity index (χ4v) is 11.9. The third-order valence-corrected chi connectivity index (χ3v) is 18.3. The molecule has 5 atom stereocenters. The molecule has 16 nitrogen and oxygen atoms in total. The van der Waals surface area contributed by atoms with E-state index < -0.39 is 91.5 Å². The monoisotopic (exact) mass is 1510 g/mol. The lowest BCUT2D eigenvalue weighted by Gasteiger charge is -2.21. The predicted octanol–water partition coefficient (Wildman–Crippen LogP) is 24.0. The molecule has 0 heterocycles. The van der Waals surface area contributed by atoms with Crippen LogP contribution >= 0.6 is 15.6 Å². The molecule has 0 bridgehead atoms. The van der Waals surface area contributed by atoms with Crippen molar-refractivity contribution >= 4 is 33.6 Å². The summed E-state index contributed by atoms with van der Waals surface area (Å²) in [6, 6.07) is 0. The fraction of sp³-hybridized carbons (Fsp3) is 0.644. The second-order valence-corrected chi connectivity index (χ2v) is 29.4. The largest absolute Gasteiger partial charge is 0.472 e. The number of aliphatic hydroxyl groups is 2. The second-order valence-electron chi connectivity index (χ2n) is 26.5. The van der Waals surface area contributed by atoms with E-state index in [-0.39, 0.29) is 19.3 Å². The molecule has 0 aromatic heterocycles. The first-order chi connectivity index (χ1) is 51.2. The predicted molar refractivity (Wildman–Crippen MR) is 435 cm³/mol. The van der Waals surface area contributed by atoms with Gasteiger partial charge in [-0.05, 0) is 148 Å². The number of rotatable bonds is 75. The minimum Gasteiger partial charge on any atom is -0.463 e. The van der Waals surface area contributed by atoms with Crippen molar-refractivity contribution in [2.45, 2.75) is 322 Å². The topological polar surface area (TPSA) is 231 Å². The van der Waals surface area contributed by atoms with Crippen molar-refractivity contribution in [2.75, 3.05) is 39.6 Å². The molecule has 0 aliphatic rings. The maximum absolute atomic E-state index is 13.0. The lowest BCUT2D eigenvalue weighted by atomic mass is 10.0. The molecule has 0 aliphatic carbocycles. The van der Waals surface area contributed by atoms with E-state index in [9.17, 15) is 43.5 Å². The number of hydrogen-bond donors (Lipinski definition) is 4. The summed E-state index contributed by atoms with van der Waals surface area (Å²) in [5.41, 5.74) is 0. The van der Waals surface area contributed by atoms with Crippen LogP contribution in [0.4, 0.5) is 0 Å². The van der Waals surface area contributed by atoms with Crippen molar-refractivity contribution in [3.63, 3.8) is 0 Å². The lowest BCUT2D eigenvalue weighted by molar-refractivity contribution is -0.161. The van der Waals surface area contributed by atoms with Crippen LogP contribution in [0.3, 0.4) is 0 Å². The van der Waals surface area contributed by atoms with Crippen molar-refractivity contribution in [1.82, 2.24) is 0 Å². The number of aliphatic hydroxyl groups excluding tert-OH is 2. The number of phosphoric acid groups is 2. The number of carbonyl (C=O) groups is 3. The van der Waals surface area contributed by atoms with Crippen LogP contribution in [0.25, 0.3) is 0 Å². The molecular weight excluding hydrogens is 1360 g/mol. The molecule has 4 N–H and O–H groups in total. The summed E-state index contributed by atoms with van der Waals surface area (Å²) in [5.74, 6) is -1.67. The first-order valence-corrected chi connectivity index (χ1v) is 43.4. The molecule has 0 aromatic rings. The van der Waals surface area contributed by atoms with E-state index in [0.717, 1.165) is 135 Å². The summed E-state index contributed by atoms with van der Waals surface area (Å²) in [7, 11) is -9.83. The highest BCUT2D eigenvalue weighted by atomic mass is 31.2. The molecule has 0 aliphatic heterocycles. The van der Waals surface area contributed by atoms with Gasteiger partial charge in [-0.3, -0.25) is 32.5 Å². The normalized spacial score (nSPS) is 14.8. The molecule has 0 spiro atoms. The van der Waals surface area contributed by atoms with E-state index in [1.807, 2.05) is 12.2 Å². The average molecular weight is 1510 g/mol. The molecule has 0 aromatic carbocycles. The van der Waals surface area contributed by atoms with Gasteiger partial charge in [0.05, 0.1) is 26.4 Å². The number of carbonyl (C=O) groups excluding carboxylic acids is 3. The van der Waals surface area contributed by atoms with Crippen molar-refractivity contribution in [3.05, 3.63) is 170 Å².